The zero-order valence-electron chi connectivity index (χ0n) is 9.06. The van der Waals surface area contributed by atoms with E-state index in [1.165, 1.54) is 11.3 Å². The molecule has 2 atom stereocenters. The molecular formula is C10H14N2O3S. The summed E-state index contributed by atoms with van der Waals surface area (Å²) < 4.78 is 0. The van der Waals surface area contributed by atoms with E-state index in [1.807, 2.05) is 0 Å². The molecule has 0 radical (unpaired) electrons. The number of nitrogens with one attached hydrogen (secondary N) is 2. The average Bonchev–Trinajstić information content (AvgIpc) is 2.76. The monoisotopic (exact) mass is 242 g/mol. The van der Waals surface area contributed by atoms with Crippen LogP contribution in [-0.4, -0.2) is 30.1 Å². The number of hydrogen-bond donors (Lipinski definition) is 3. The van der Waals surface area contributed by atoms with E-state index < -0.39 is 18.1 Å². The van der Waals surface area contributed by atoms with Crippen LogP contribution in [0.1, 0.15) is 17.8 Å². The SMILES string of the molecule is CNC(C)C(=O)NC(C(=O)O)c1cccs1. The van der Waals surface area contributed by atoms with Gasteiger partial charge in [-0.25, -0.2) is 4.79 Å². The van der Waals surface area contributed by atoms with Crippen molar-refractivity contribution in [3.05, 3.63) is 22.4 Å². The highest BCUT2D eigenvalue weighted by atomic mass is 32.1. The van der Waals surface area contributed by atoms with Gasteiger partial charge in [0.15, 0.2) is 6.04 Å². The maximum atomic E-state index is 11.6. The standard InChI is InChI=1S/C10H14N2O3S/c1-6(11-2)9(13)12-8(10(14)15)7-4-3-5-16-7/h3-6,8,11H,1-2H3,(H,12,13)(H,14,15). The van der Waals surface area contributed by atoms with Crippen LogP contribution in [0.15, 0.2) is 17.5 Å². The number of likely N-dealkylation sites (N-methyl/N-ethyl adjacent to an activating group) is 1. The second-order valence-corrected chi connectivity index (χ2v) is 4.28. The summed E-state index contributed by atoms with van der Waals surface area (Å²) in [6.45, 7) is 1.67. The lowest BCUT2D eigenvalue weighted by Gasteiger charge is -2.16. The van der Waals surface area contributed by atoms with Gasteiger partial charge in [0.05, 0.1) is 6.04 Å². The van der Waals surface area contributed by atoms with Crippen LogP contribution < -0.4 is 10.6 Å². The predicted octanol–water partition coefficient (Wildman–Crippen LogP) is 0.598. The Kier molecular flexibility index (Phi) is 4.45. The lowest BCUT2D eigenvalue weighted by Crippen LogP contribution is -2.43. The number of aliphatic carboxylic acids is 1. The topological polar surface area (TPSA) is 78.4 Å². The maximum Gasteiger partial charge on any atom is 0.331 e. The van der Waals surface area contributed by atoms with Crippen LogP contribution in [0.4, 0.5) is 0 Å². The molecule has 1 aromatic rings. The third kappa shape index (κ3) is 3.04. The van der Waals surface area contributed by atoms with Crippen molar-refractivity contribution in [3.63, 3.8) is 0 Å². The number of thiophene rings is 1. The first-order valence-corrected chi connectivity index (χ1v) is 5.68. The Morgan fingerprint density at radius 1 is 1.50 bits per heavy atom. The molecule has 0 aromatic carbocycles. The Morgan fingerprint density at radius 3 is 2.62 bits per heavy atom. The van der Waals surface area contributed by atoms with Gasteiger partial charge in [-0.15, -0.1) is 11.3 Å². The van der Waals surface area contributed by atoms with E-state index >= 15 is 0 Å². The number of amides is 1. The van der Waals surface area contributed by atoms with Crippen LogP contribution in [0.25, 0.3) is 0 Å². The highest BCUT2D eigenvalue weighted by molar-refractivity contribution is 7.10. The van der Waals surface area contributed by atoms with Crippen LogP contribution in [0.2, 0.25) is 0 Å². The Balaban J connectivity index is 2.74. The number of rotatable bonds is 5. The molecule has 0 spiro atoms. The predicted molar refractivity (Wildman–Crippen MR) is 61.4 cm³/mol. The van der Waals surface area contributed by atoms with Crippen molar-refractivity contribution < 1.29 is 14.7 Å². The van der Waals surface area contributed by atoms with Gasteiger partial charge in [-0.2, -0.15) is 0 Å². The number of carbonyl (C=O) groups is 2. The highest BCUT2D eigenvalue weighted by Crippen LogP contribution is 2.19. The lowest BCUT2D eigenvalue weighted by molar-refractivity contribution is -0.142. The van der Waals surface area contributed by atoms with Crippen LogP contribution in [0, 0.1) is 0 Å². The minimum absolute atomic E-state index is 0.330. The van der Waals surface area contributed by atoms with E-state index in [2.05, 4.69) is 10.6 Å². The van der Waals surface area contributed by atoms with Crippen LogP contribution in [-0.2, 0) is 9.59 Å². The molecule has 0 saturated heterocycles. The molecule has 0 aliphatic carbocycles. The molecule has 0 fully saturated rings. The molecule has 1 heterocycles. The fraction of sp³-hybridized carbons (Fsp3) is 0.400. The first-order valence-electron chi connectivity index (χ1n) is 4.80. The average molecular weight is 242 g/mol. The van der Waals surface area contributed by atoms with Crippen molar-refractivity contribution in [1.82, 2.24) is 10.6 Å². The summed E-state index contributed by atoms with van der Waals surface area (Å²) in [4.78, 5) is 23.2. The Labute approximate surface area is 97.5 Å². The number of carbonyl (C=O) groups excluding carboxylic acids is 1. The molecule has 1 amide bonds. The fourth-order valence-corrected chi connectivity index (χ4v) is 1.88. The van der Waals surface area contributed by atoms with Gasteiger partial charge in [0.25, 0.3) is 0 Å². The Bertz CT molecular complexity index is 364. The third-order valence-electron chi connectivity index (χ3n) is 2.19. The number of carboxylic acids is 1. The lowest BCUT2D eigenvalue weighted by atomic mass is 10.2. The molecule has 0 aliphatic rings. The van der Waals surface area contributed by atoms with E-state index in [9.17, 15) is 9.59 Å². The van der Waals surface area contributed by atoms with Crippen molar-refractivity contribution in [2.45, 2.75) is 19.0 Å². The quantitative estimate of drug-likeness (QED) is 0.706. The smallest absolute Gasteiger partial charge is 0.331 e. The van der Waals surface area contributed by atoms with Gasteiger partial charge < -0.3 is 15.7 Å². The molecule has 88 valence electrons. The molecule has 1 aromatic heterocycles. The summed E-state index contributed by atoms with van der Waals surface area (Å²) in [5.41, 5.74) is 0. The second-order valence-electron chi connectivity index (χ2n) is 3.31. The minimum Gasteiger partial charge on any atom is -0.479 e. The van der Waals surface area contributed by atoms with Gasteiger partial charge in [-0.1, -0.05) is 6.07 Å². The van der Waals surface area contributed by atoms with Gasteiger partial charge in [0, 0.05) is 4.88 Å². The molecular weight excluding hydrogens is 228 g/mol. The van der Waals surface area contributed by atoms with Crippen molar-refractivity contribution in [3.8, 4) is 0 Å². The maximum absolute atomic E-state index is 11.6. The largest absolute Gasteiger partial charge is 0.479 e. The highest BCUT2D eigenvalue weighted by Gasteiger charge is 2.24. The molecule has 6 heteroatoms. The Morgan fingerprint density at radius 2 is 2.19 bits per heavy atom. The van der Waals surface area contributed by atoms with Crippen molar-refractivity contribution >= 4 is 23.2 Å². The van der Waals surface area contributed by atoms with Crippen LogP contribution in [0.5, 0.6) is 0 Å². The van der Waals surface area contributed by atoms with E-state index in [4.69, 9.17) is 5.11 Å². The zero-order valence-corrected chi connectivity index (χ0v) is 9.88. The summed E-state index contributed by atoms with van der Waals surface area (Å²) in [6.07, 6.45) is 0. The van der Waals surface area contributed by atoms with Crippen LogP contribution in [0.3, 0.4) is 0 Å². The van der Waals surface area contributed by atoms with E-state index in [0.29, 0.717) is 4.88 Å². The molecule has 1 rings (SSSR count). The normalized spacial score (nSPS) is 14.1. The minimum atomic E-state index is -1.06. The third-order valence-corrected chi connectivity index (χ3v) is 3.12. The van der Waals surface area contributed by atoms with Gasteiger partial charge in [0.1, 0.15) is 0 Å². The van der Waals surface area contributed by atoms with Crippen molar-refractivity contribution in [1.29, 1.82) is 0 Å². The van der Waals surface area contributed by atoms with E-state index in [0.717, 1.165) is 0 Å². The fourth-order valence-electron chi connectivity index (χ4n) is 1.11. The molecule has 16 heavy (non-hydrogen) atoms. The first-order chi connectivity index (χ1) is 7.56. The molecule has 3 N–H and O–H groups in total. The summed E-state index contributed by atoms with van der Waals surface area (Å²) in [5, 5.41) is 16.0. The zero-order chi connectivity index (χ0) is 12.1. The van der Waals surface area contributed by atoms with Crippen LogP contribution >= 0.6 is 11.3 Å². The van der Waals surface area contributed by atoms with Crippen molar-refractivity contribution in [2.24, 2.45) is 0 Å². The molecule has 0 bridgehead atoms. The van der Waals surface area contributed by atoms with Crippen molar-refractivity contribution in [2.75, 3.05) is 7.05 Å². The molecule has 0 saturated carbocycles. The number of hydrogen-bond acceptors (Lipinski definition) is 4. The molecule has 5 nitrogen and oxygen atoms in total. The summed E-state index contributed by atoms with van der Waals surface area (Å²) in [5.74, 6) is -1.39. The van der Waals surface area contributed by atoms with Gasteiger partial charge in [-0.3, -0.25) is 4.79 Å². The van der Waals surface area contributed by atoms with E-state index in [1.54, 1.807) is 31.5 Å². The first kappa shape index (κ1) is 12.7. The van der Waals surface area contributed by atoms with Gasteiger partial charge in [0.2, 0.25) is 5.91 Å². The summed E-state index contributed by atoms with van der Waals surface area (Å²) >= 11 is 1.30. The Hall–Kier alpha value is -1.40. The number of carboxylic acid groups (broad SMARTS) is 1. The molecule has 0 aliphatic heterocycles. The summed E-state index contributed by atoms with van der Waals surface area (Å²) in [6, 6.07) is 2.06. The van der Waals surface area contributed by atoms with Gasteiger partial charge >= 0.3 is 5.97 Å². The molecule has 2 unspecified atom stereocenters. The van der Waals surface area contributed by atoms with E-state index in [-0.39, 0.29) is 5.91 Å². The summed E-state index contributed by atoms with van der Waals surface area (Å²) in [7, 11) is 1.64. The van der Waals surface area contributed by atoms with Gasteiger partial charge in [-0.05, 0) is 25.4 Å². The second kappa shape index (κ2) is 5.62.